The van der Waals surface area contributed by atoms with Crippen LogP contribution in [-0.2, 0) is 9.59 Å². The fraction of sp³-hybridized carbons (Fsp3) is 0.400. The van der Waals surface area contributed by atoms with E-state index < -0.39 is 11.2 Å². The first-order valence-corrected chi connectivity index (χ1v) is 6.77. The summed E-state index contributed by atoms with van der Waals surface area (Å²) in [6.07, 6.45) is 0.140. The first-order chi connectivity index (χ1) is 8.40. The van der Waals surface area contributed by atoms with Gasteiger partial charge < -0.3 is 5.11 Å². The van der Waals surface area contributed by atoms with E-state index in [2.05, 4.69) is 4.98 Å². The van der Waals surface area contributed by atoms with E-state index >= 15 is 0 Å². The van der Waals surface area contributed by atoms with Crippen LogP contribution < -0.4 is 0 Å². The van der Waals surface area contributed by atoms with Crippen molar-refractivity contribution in [3.63, 3.8) is 0 Å². The molecule has 2 rings (SSSR count). The molecule has 96 valence electrons. The van der Waals surface area contributed by atoms with Gasteiger partial charge in [-0.3, -0.25) is 14.5 Å². The predicted molar refractivity (Wildman–Crippen MR) is 65.8 cm³/mol. The second-order valence-electron chi connectivity index (χ2n) is 3.80. The molecule has 18 heavy (non-hydrogen) atoms. The SMILES string of the molecule is Cc1nc(SC2CC(=O)N(C)C2=O)sc1C(=O)O. The maximum atomic E-state index is 11.7. The summed E-state index contributed by atoms with van der Waals surface area (Å²) in [5.41, 5.74) is 0.431. The molecule has 2 heterocycles. The fourth-order valence-corrected chi connectivity index (χ4v) is 3.90. The Morgan fingerprint density at radius 3 is 2.67 bits per heavy atom. The molecule has 1 unspecified atom stereocenters. The summed E-state index contributed by atoms with van der Waals surface area (Å²) in [6, 6.07) is 0. The van der Waals surface area contributed by atoms with Crippen molar-refractivity contribution in [1.82, 2.24) is 9.88 Å². The standard InChI is InChI=1S/C10H10N2O4S2/c1-4-7(9(15)16)18-10(11-4)17-5-3-6(13)12(2)8(5)14/h5H,3H2,1-2H3,(H,15,16). The number of carboxylic acids is 1. The molecule has 0 aliphatic carbocycles. The summed E-state index contributed by atoms with van der Waals surface area (Å²) < 4.78 is 0.506. The third-order valence-electron chi connectivity index (χ3n) is 2.55. The second-order valence-corrected chi connectivity index (χ2v) is 6.25. The van der Waals surface area contributed by atoms with Crippen LogP contribution in [0, 0.1) is 6.92 Å². The highest BCUT2D eigenvalue weighted by Crippen LogP contribution is 2.34. The highest BCUT2D eigenvalue weighted by atomic mass is 32.2. The highest BCUT2D eigenvalue weighted by Gasteiger charge is 2.37. The smallest absolute Gasteiger partial charge is 0.347 e. The molecule has 1 aliphatic rings. The molecular weight excluding hydrogens is 276 g/mol. The first kappa shape index (κ1) is 13.0. The third-order valence-corrected chi connectivity index (χ3v) is 4.98. The number of aromatic nitrogens is 1. The molecule has 1 N–H and O–H groups in total. The van der Waals surface area contributed by atoms with Crippen LogP contribution in [0.1, 0.15) is 21.8 Å². The van der Waals surface area contributed by atoms with Crippen LogP contribution in [0.15, 0.2) is 4.34 Å². The largest absolute Gasteiger partial charge is 0.477 e. The summed E-state index contributed by atoms with van der Waals surface area (Å²) in [6.45, 7) is 1.61. The van der Waals surface area contributed by atoms with Crippen molar-refractivity contribution in [2.45, 2.75) is 22.9 Å². The third kappa shape index (κ3) is 2.25. The Kier molecular flexibility index (Phi) is 3.40. The minimum Gasteiger partial charge on any atom is -0.477 e. The van der Waals surface area contributed by atoms with Gasteiger partial charge in [-0.2, -0.15) is 0 Å². The first-order valence-electron chi connectivity index (χ1n) is 5.08. The number of rotatable bonds is 3. The molecule has 0 spiro atoms. The van der Waals surface area contributed by atoms with Gasteiger partial charge in [0, 0.05) is 13.5 Å². The van der Waals surface area contributed by atoms with Crippen molar-refractivity contribution in [3.8, 4) is 0 Å². The van der Waals surface area contributed by atoms with E-state index in [-0.39, 0.29) is 23.1 Å². The van der Waals surface area contributed by atoms with E-state index in [9.17, 15) is 14.4 Å². The Morgan fingerprint density at radius 1 is 1.56 bits per heavy atom. The summed E-state index contributed by atoms with van der Waals surface area (Å²) in [5.74, 6) is -1.50. The van der Waals surface area contributed by atoms with Crippen LogP contribution in [0.2, 0.25) is 0 Å². The van der Waals surface area contributed by atoms with E-state index in [1.165, 1.54) is 7.05 Å². The zero-order valence-corrected chi connectivity index (χ0v) is 11.3. The average molecular weight is 286 g/mol. The molecule has 8 heteroatoms. The van der Waals surface area contributed by atoms with Gasteiger partial charge >= 0.3 is 5.97 Å². The zero-order chi connectivity index (χ0) is 13.4. The minimum absolute atomic E-state index is 0.140. The van der Waals surface area contributed by atoms with Crippen LogP contribution >= 0.6 is 23.1 Å². The van der Waals surface area contributed by atoms with Crippen LogP contribution in [0.4, 0.5) is 0 Å². The lowest BCUT2D eigenvalue weighted by molar-refractivity contribution is -0.136. The monoisotopic (exact) mass is 286 g/mol. The summed E-state index contributed by atoms with van der Waals surface area (Å²) in [7, 11) is 1.45. The Morgan fingerprint density at radius 2 is 2.22 bits per heavy atom. The molecule has 0 aromatic carbocycles. The van der Waals surface area contributed by atoms with Crippen LogP contribution in [0.5, 0.6) is 0 Å². The topological polar surface area (TPSA) is 87.6 Å². The van der Waals surface area contributed by atoms with Gasteiger partial charge in [0.05, 0.1) is 10.9 Å². The number of carboxylic acid groups (broad SMARTS) is 1. The summed E-state index contributed by atoms with van der Waals surface area (Å²) >= 11 is 2.18. The molecule has 1 saturated heterocycles. The van der Waals surface area contributed by atoms with Crippen LogP contribution in [0.3, 0.4) is 0 Å². The van der Waals surface area contributed by atoms with E-state index in [1.54, 1.807) is 6.92 Å². The summed E-state index contributed by atoms with van der Waals surface area (Å²) in [4.78, 5) is 39.3. The van der Waals surface area contributed by atoms with Gasteiger partial charge in [-0.15, -0.1) is 11.3 Å². The molecule has 0 radical (unpaired) electrons. The van der Waals surface area contributed by atoms with Crippen molar-refractivity contribution in [3.05, 3.63) is 10.6 Å². The Balaban J connectivity index is 2.16. The molecule has 1 atom stereocenters. The number of nitrogens with zero attached hydrogens (tertiary/aromatic N) is 2. The lowest BCUT2D eigenvalue weighted by Crippen LogP contribution is -2.26. The van der Waals surface area contributed by atoms with Crippen molar-refractivity contribution in [1.29, 1.82) is 0 Å². The Labute approximate surface area is 111 Å². The van der Waals surface area contributed by atoms with E-state index in [0.717, 1.165) is 28.0 Å². The van der Waals surface area contributed by atoms with Crippen LogP contribution in [0.25, 0.3) is 0 Å². The number of thiazole rings is 1. The van der Waals surface area contributed by atoms with Gasteiger partial charge in [-0.1, -0.05) is 11.8 Å². The van der Waals surface area contributed by atoms with Crippen molar-refractivity contribution in [2.24, 2.45) is 0 Å². The van der Waals surface area contributed by atoms with Gasteiger partial charge in [-0.25, -0.2) is 9.78 Å². The number of carbonyl (C=O) groups excluding carboxylic acids is 2. The zero-order valence-electron chi connectivity index (χ0n) is 9.67. The fourth-order valence-electron chi connectivity index (χ4n) is 1.56. The number of aromatic carboxylic acids is 1. The number of hydrogen-bond donors (Lipinski definition) is 1. The normalized spacial score (nSPS) is 19.7. The molecule has 2 amide bonds. The van der Waals surface area contributed by atoms with Crippen molar-refractivity contribution < 1.29 is 19.5 Å². The molecule has 1 fully saturated rings. The van der Waals surface area contributed by atoms with Gasteiger partial charge in [0.1, 0.15) is 4.88 Å². The van der Waals surface area contributed by atoms with Gasteiger partial charge in [0.25, 0.3) is 0 Å². The number of carbonyl (C=O) groups is 3. The van der Waals surface area contributed by atoms with Crippen molar-refractivity contribution >= 4 is 40.9 Å². The number of thioether (sulfide) groups is 1. The lowest BCUT2D eigenvalue weighted by atomic mass is 10.4. The molecule has 1 aliphatic heterocycles. The number of amides is 2. The quantitative estimate of drug-likeness (QED) is 0.834. The molecule has 1 aromatic rings. The van der Waals surface area contributed by atoms with E-state index in [0.29, 0.717) is 10.0 Å². The average Bonchev–Trinajstić information content (AvgIpc) is 2.76. The predicted octanol–water partition coefficient (Wildman–Crippen LogP) is 0.999. The van der Waals surface area contributed by atoms with Crippen LogP contribution in [-0.4, -0.2) is 45.1 Å². The van der Waals surface area contributed by atoms with Crippen molar-refractivity contribution in [2.75, 3.05) is 7.05 Å². The Bertz CT molecular complexity index is 540. The second kappa shape index (κ2) is 4.69. The Hall–Kier alpha value is -1.41. The molecule has 0 saturated carbocycles. The minimum atomic E-state index is -1.03. The number of hydrogen-bond acceptors (Lipinski definition) is 6. The number of aryl methyl sites for hydroxylation is 1. The maximum Gasteiger partial charge on any atom is 0.347 e. The molecule has 0 bridgehead atoms. The molecule has 6 nitrogen and oxygen atoms in total. The summed E-state index contributed by atoms with van der Waals surface area (Å²) in [5, 5.41) is 8.42. The van der Waals surface area contributed by atoms with E-state index in [1.807, 2.05) is 0 Å². The van der Waals surface area contributed by atoms with E-state index in [4.69, 9.17) is 5.11 Å². The van der Waals surface area contributed by atoms with Gasteiger partial charge in [-0.05, 0) is 6.92 Å². The highest BCUT2D eigenvalue weighted by molar-refractivity contribution is 8.02. The number of likely N-dealkylation sites (tertiary alicyclic amines) is 1. The molecule has 1 aromatic heterocycles. The van der Waals surface area contributed by atoms with Gasteiger partial charge in [0.15, 0.2) is 4.34 Å². The van der Waals surface area contributed by atoms with Gasteiger partial charge in [0.2, 0.25) is 11.8 Å². The number of imide groups is 1. The maximum absolute atomic E-state index is 11.7. The molecular formula is C10H10N2O4S2. The lowest BCUT2D eigenvalue weighted by Gasteiger charge is -2.06.